The van der Waals surface area contributed by atoms with Gasteiger partial charge < -0.3 is 4.74 Å². The van der Waals surface area contributed by atoms with E-state index in [1.807, 2.05) is 18.2 Å². The fraction of sp³-hybridized carbons (Fsp3) is 0.286. The maximum absolute atomic E-state index is 12.7. The minimum Gasteiger partial charge on any atom is -0.461 e. The molecule has 0 amide bonds. The lowest BCUT2D eigenvalue weighted by Crippen LogP contribution is -2.35. The lowest BCUT2D eigenvalue weighted by Gasteiger charge is -2.28. The summed E-state index contributed by atoms with van der Waals surface area (Å²) in [6.45, 7) is 3.88. The number of rotatable bonds is 4. The summed E-state index contributed by atoms with van der Waals surface area (Å²) in [7, 11) is 0. The van der Waals surface area contributed by atoms with Gasteiger partial charge in [-0.1, -0.05) is 60.7 Å². The molecule has 2 heteroatoms. The lowest BCUT2D eigenvalue weighted by molar-refractivity contribution is -0.148. The van der Waals surface area contributed by atoms with Gasteiger partial charge >= 0.3 is 5.97 Å². The lowest BCUT2D eigenvalue weighted by atomic mass is 9.69. The van der Waals surface area contributed by atoms with Crippen LogP contribution in [-0.2, 0) is 16.0 Å². The van der Waals surface area contributed by atoms with E-state index in [2.05, 4.69) is 49.1 Å². The third-order valence-electron chi connectivity index (χ3n) is 5.26. The molecule has 1 aliphatic heterocycles. The molecule has 0 radical (unpaired) electrons. The van der Waals surface area contributed by atoms with Crippen molar-refractivity contribution in [2.45, 2.75) is 25.4 Å². The van der Waals surface area contributed by atoms with Crippen LogP contribution in [0.15, 0.2) is 67.3 Å². The Hall–Kier alpha value is -2.35. The predicted molar refractivity (Wildman–Crippen MR) is 92.0 cm³/mol. The van der Waals surface area contributed by atoms with E-state index >= 15 is 0 Å². The first-order chi connectivity index (χ1) is 11.2. The van der Waals surface area contributed by atoms with Gasteiger partial charge in [0.25, 0.3) is 0 Å². The number of ether oxygens (including phenoxy) is 1. The summed E-state index contributed by atoms with van der Waals surface area (Å²) in [6.07, 6.45) is 8.38. The summed E-state index contributed by atoms with van der Waals surface area (Å²) in [4.78, 5) is 12.7. The van der Waals surface area contributed by atoms with Gasteiger partial charge in [0.15, 0.2) is 0 Å². The van der Waals surface area contributed by atoms with Crippen molar-refractivity contribution < 1.29 is 9.53 Å². The van der Waals surface area contributed by atoms with E-state index < -0.39 is 5.41 Å². The highest BCUT2D eigenvalue weighted by Gasteiger charge is 2.56. The van der Waals surface area contributed by atoms with Crippen molar-refractivity contribution in [3.63, 3.8) is 0 Å². The quantitative estimate of drug-likeness (QED) is 0.616. The van der Waals surface area contributed by atoms with E-state index in [0.717, 1.165) is 6.42 Å². The standard InChI is InChI=1S/C21H20O2/c1-2-12-21(18-8-5-9-19(18)23-20(21)22)14-15-10-11-16-6-3-4-7-17(16)13-15/h2-8,10-11,13,18-19H,1,9,12,14H2/t18-,19+,21-/m1/s1. The Balaban J connectivity index is 1.74. The Morgan fingerprint density at radius 2 is 2.04 bits per heavy atom. The molecule has 1 fully saturated rings. The monoisotopic (exact) mass is 304 g/mol. The van der Waals surface area contributed by atoms with Crippen molar-refractivity contribution >= 4 is 16.7 Å². The molecule has 23 heavy (non-hydrogen) atoms. The summed E-state index contributed by atoms with van der Waals surface area (Å²) in [5.41, 5.74) is 0.686. The second kappa shape index (κ2) is 5.38. The van der Waals surface area contributed by atoms with Gasteiger partial charge in [0.1, 0.15) is 6.10 Å². The zero-order valence-electron chi connectivity index (χ0n) is 13.1. The number of carbonyl (C=O) groups excluding carboxylic acids is 1. The smallest absolute Gasteiger partial charge is 0.313 e. The molecule has 0 aromatic heterocycles. The van der Waals surface area contributed by atoms with Gasteiger partial charge in [-0.2, -0.15) is 0 Å². The molecular formula is C21H20O2. The molecule has 1 saturated heterocycles. The van der Waals surface area contributed by atoms with E-state index in [4.69, 9.17) is 4.74 Å². The third kappa shape index (κ3) is 2.21. The van der Waals surface area contributed by atoms with Crippen LogP contribution in [-0.4, -0.2) is 12.1 Å². The fourth-order valence-electron chi connectivity index (χ4n) is 4.13. The number of benzene rings is 2. The number of allylic oxidation sites excluding steroid dienone is 1. The molecule has 0 N–H and O–H groups in total. The summed E-state index contributed by atoms with van der Waals surface area (Å²) >= 11 is 0. The van der Waals surface area contributed by atoms with Gasteiger partial charge in [-0.15, -0.1) is 6.58 Å². The third-order valence-corrected chi connectivity index (χ3v) is 5.26. The minimum absolute atomic E-state index is 0.0166. The topological polar surface area (TPSA) is 26.3 Å². The van der Waals surface area contributed by atoms with Crippen molar-refractivity contribution in [1.29, 1.82) is 0 Å². The van der Waals surface area contributed by atoms with Crippen LogP contribution in [0, 0.1) is 11.3 Å². The zero-order chi connectivity index (χ0) is 15.9. The minimum atomic E-state index is -0.498. The van der Waals surface area contributed by atoms with Crippen LogP contribution in [0.1, 0.15) is 18.4 Å². The van der Waals surface area contributed by atoms with Crippen molar-refractivity contribution in [2.24, 2.45) is 11.3 Å². The molecular weight excluding hydrogens is 284 g/mol. The van der Waals surface area contributed by atoms with Crippen LogP contribution in [0.4, 0.5) is 0 Å². The van der Waals surface area contributed by atoms with Crippen molar-refractivity contribution in [1.82, 2.24) is 0 Å². The molecule has 0 bridgehead atoms. The first kappa shape index (κ1) is 14.3. The van der Waals surface area contributed by atoms with E-state index in [9.17, 15) is 4.79 Å². The highest BCUT2D eigenvalue weighted by molar-refractivity contribution is 5.84. The van der Waals surface area contributed by atoms with Crippen molar-refractivity contribution in [2.75, 3.05) is 0 Å². The molecule has 1 heterocycles. The SMILES string of the molecule is C=CC[C@]1(Cc2ccc3ccccc3c2)C(=O)O[C@H]2CC=C[C@H]21. The average molecular weight is 304 g/mol. The second-order valence-corrected chi connectivity index (χ2v) is 6.64. The predicted octanol–water partition coefficient (Wildman–Crippen LogP) is 4.45. The molecule has 4 rings (SSSR count). The first-order valence-electron chi connectivity index (χ1n) is 8.19. The molecule has 3 atom stereocenters. The molecule has 2 nitrogen and oxygen atoms in total. The molecule has 0 saturated carbocycles. The largest absolute Gasteiger partial charge is 0.461 e. The molecule has 0 spiro atoms. The van der Waals surface area contributed by atoms with Gasteiger partial charge in [-0.25, -0.2) is 0 Å². The average Bonchev–Trinajstić information content (AvgIpc) is 3.11. The Bertz CT molecular complexity index is 804. The van der Waals surface area contributed by atoms with Crippen molar-refractivity contribution in [3.05, 3.63) is 72.8 Å². The van der Waals surface area contributed by atoms with E-state index in [1.165, 1.54) is 16.3 Å². The Kier molecular flexibility index (Phi) is 3.33. The van der Waals surface area contributed by atoms with Gasteiger partial charge in [-0.3, -0.25) is 4.79 Å². The Morgan fingerprint density at radius 1 is 1.22 bits per heavy atom. The maximum Gasteiger partial charge on any atom is 0.313 e. The van der Waals surface area contributed by atoms with Crippen LogP contribution in [0.2, 0.25) is 0 Å². The fourth-order valence-corrected chi connectivity index (χ4v) is 4.13. The molecule has 2 aromatic carbocycles. The van der Waals surface area contributed by atoms with Crippen LogP contribution >= 0.6 is 0 Å². The number of carbonyl (C=O) groups is 1. The van der Waals surface area contributed by atoms with Crippen molar-refractivity contribution in [3.8, 4) is 0 Å². The summed E-state index contributed by atoms with van der Waals surface area (Å²) in [5, 5.41) is 2.44. The molecule has 2 aromatic rings. The Labute approximate surface area is 136 Å². The summed E-state index contributed by atoms with van der Waals surface area (Å²) in [6, 6.07) is 14.8. The van der Waals surface area contributed by atoms with Gasteiger partial charge in [0.2, 0.25) is 0 Å². The van der Waals surface area contributed by atoms with E-state index in [1.54, 1.807) is 0 Å². The maximum atomic E-state index is 12.7. The van der Waals surface area contributed by atoms with E-state index in [0.29, 0.717) is 12.8 Å². The van der Waals surface area contributed by atoms with Crippen LogP contribution in [0.25, 0.3) is 10.8 Å². The van der Waals surface area contributed by atoms with Crippen LogP contribution in [0.5, 0.6) is 0 Å². The Morgan fingerprint density at radius 3 is 2.87 bits per heavy atom. The normalized spacial score (nSPS) is 28.8. The van der Waals surface area contributed by atoms with E-state index in [-0.39, 0.29) is 18.0 Å². The van der Waals surface area contributed by atoms with Crippen LogP contribution < -0.4 is 0 Å². The van der Waals surface area contributed by atoms with Crippen LogP contribution in [0.3, 0.4) is 0 Å². The van der Waals surface area contributed by atoms with Gasteiger partial charge in [0, 0.05) is 12.3 Å². The molecule has 1 aliphatic carbocycles. The number of hydrogen-bond acceptors (Lipinski definition) is 2. The molecule has 2 aliphatic rings. The van der Waals surface area contributed by atoms with Gasteiger partial charge in [0.05, 0.1) is 5.41 Å². The molecule has 0 unspecified atom stereocenters. The first-order valence-corrected chi connectivity index (χ1v) is 8.19. The number of esters is 1. The number of hydrogen-bond donors (Lipinski definition) is 0. The zero-order valence-corrected chi connectivity index (χ0v) is 13.1. The summed E-state index contributed by atoms with van der Waals surface area (Å²) in [5.74, 6) is 0.101. The molecule has 116 valence electrons. The highest BCUT2D eigenvalue weighted by atomic mass is 16.6. The summed E-state index contributed by atoms with van der Waals surface area (Å²) < 4.78 is 5.66. The highest BCUT2D eigenvalue weighted by Crippen LogP contribution is 2.49. The van der Waals surface area contributed by atoms with Gasteiger partial charge in [-0.05, 0) is 29.2 Å². The second-order valence-electron chi connectivity index (χ2n) is 6.64. The number of fused-ring (bicyclic) bond motifs is 2.